The van der Waals surface area contributed by atoms with Crippen LogP contribution >= 0.6 is 0 Å². The molecule has 0 radical (unpaired) electrons. The molecule has 0 aliphatic heterocycles. The molecule has 9 heteroatoms. The summed E-state index contributed by atoms with van der Waals surface area (Å²) in [4.78, 5) is 31.7. The molecule has 0 aliphatic rings. The Bertz CT molecular complexity index is 1070. The van der Waals surface area contributed by atoms with E-state index in [1.807, 2.05) is 6.92 Å². The molecule has 2 N–H and O–H groups in total. The van der Waals surface area contributed by atoms with Crippen molar-refractivity contribution in [3.05, 3.63) is 34.2 Å². The Kier molecular flexibility index (Phi) is 5.62. The van der Waals surface area contributed by atoms with Gasteiger partial charge in [0.1, 0.15) is 17.0 Å². The van der Waals surface area contributed by atoms with Gasteiger partial charge < -0.3 is 14.5 Å². The predicted octanol–water partition coefficient (Wildman–Crippen LogP) is 2.99. The van der Waals surface area contributed by atoms with Gasteiger partial charge in [-0.05, 0) is 38.5 Å². The number of amides is 1. The normalized spacial score (nSPS) is 10.9. The van der Waals surface area contributed by atoms with Crippen LogP contribution in [0, 0.1) is 6.92 Å². The van der Waals surface area contributed by atoms with Crippen molar-refractivity contribution in [3.63, 3.8) is 0 Å². The first-order valence-electron chi connectivity index (χ1n) is 9.09. The van der Waals surface area contributed by atoms with Gasteiger partial charge in [-0.15, -0.1) is 0 Å². The van der Waals surface area contributed by atoms with Crippen molar-refractivity contribution in [2.45, 2.75) is 27.2 Å². The van der Waals surface area contributed by atoms with E-state index in [1.165, 1.54) is 0 Å². The number of hydrogen-bond acceptors (Lipinski definition) is 6. The molecule has 0 fully saturated rings. The van der Waals surface area contributed by atoms with E-state index >= 15 is 0 Å². The van der Waals surface area contributed by atoms with E-state index < -0.39 is 6.09 Å². The molecule has 3 aromatic rings. The van der Waals surface area contributed by atoms with Gasteiger partial charge >= 0.3 is 6.09 Å². The minimum Gasteiger partial charge on any atom is -0.493 e. The number of aromatic nitrogens is 4. The molecule has 0 saturated carbocycles. The molecule has 2 heterocycles. The van der Waals surface area contributed by atoms with E-state index in [1.54, 1.807) is 43.8 Å². The lowest BCUT2D eigenvalue weighted by molar-refractivity contribution is 0.168. The number of rotatable bonds is 6. The van der Waals surface area contributed by atoms with Gasteiger partial charge in [0.15, 0.2) is 5.65 Å². The second-order valence-electron chi connectivity index (χ2n) is 6.23. The summed E-state index contributed by atoms with van der Waals surface area (Å²) >= 11 is 0. The van der Waals surface area contributed by atoms with Crippen LogP contribution in [0.4, 0.5) is 10.5 Å². The molecule has 0 saturated heterocycles. The molecule has 0 bridgehead atoms. The zero-order chi connectivity index (χ0) is 20.3. The van der Waals surface area contributed by atoms with Crippen molar-refractivity contribution >= 4 is 22.8 Å². The van der Waals surface area contributed by atoms with Crippen LogP contribution in [0.3, 0.4) is 0 Å². The maximum absolute atomic E-state index is 12.6. The monoisotopic (exact) mass is 385 g/mol. The fourth-order valence-corrected chi connectivity index (χ4v) is 2.89. The SMILES string of the molecule is CCCOc1ccc(NC(=O)OCC)cc1-c1nc2c(c(C)nn2C)c(=O)[nH]1. The largest absolute Gasteiger partial charge is 0.493 e. The van der Waals surface area contributed by atoms with E-state index in [4.69, 9.17) is 9.47 Å². The number of hydrogen-bond donors (Lipinski definition) is 2. The van der Waals surface area contributed by atoms with Gasteiger partial charge in [-0.1, -0.05) is 6.92 Å². The summed E-state index contributed by atoms with van der Waals surface area (Å²) < 4.78 is 12.3. The van der Waals surface area contributed by atoms with Crippen LogP contribution in [0.5, 0.6) is 5.75 Å². The smallest absolute Gasteiger partial charge is 0.411 e. The average Bonchev–Trinajstić information content (AvgIpc) is 2.95. The van der Waals surface area contributed by atoms with Gasteiger partial charge in [0.05, 0.1) is 24.5 Å². The van der Waals surface area contributed by atoms with Gasteiger partial charge in [-0.3, -0.25) is 10.1 Å². The topological polar surface area (TPSA) is 111 Å². The van der Waals surface area contributed by atoms with Crippen molar-refractivity contribution in [1.29, 1.82) is 0 Å². The van der Waals surface area contributed by atoms with Crippen LogP contribution in [0.15, 0.2) is 23.0 Å². The quantitative estimate of drug-likeness (QED) is 0.675. The van der Waals surface area contributed by atoms with Gasteiger partial charge in [-0.2, -0.15) is 5.10 Å². The molecule has 9 nitrogen and oxygen atoms in total. The second kappa shape index (κ2) is 8.12. The number of anilines is 1. The summed E-state index contributed by atoms with van der Waals surface area (Å²) in [5, 5.41) is 7.36. The maximum Gasteiger partial charge on any atom is 0.411 e. The fourth-order valence-electron chi connectivity index (χ4n) is 2.89. The standard InChI is InChI=1S/C19H23N5O4/c1-5-9-28-14-8-7-12(20-19(26)27-6-2)10-13(14)16-21-17-15(18(25)22-16)11(3)23-24(17)4/h7-8,10H,5-6,9H2,1-4H3,(H,20,26)(H,21,22,25). The lowest BCUT2D eigenvalue weighted by atomic mass is 10.1. The van der Waals surface area contributed by atoms with Crippen LogP contribution < -0.4 is 15.6 Å². The Balaban J connectivity index is 2.12. The van der Waals surface area contributed by atoms with Crippen LogP contribution in [0.2, 0.25) is 0 Å². The number of ether oxygens (including phenoxy) is 2. The Morgan fingerprint density at radius 1 is 1.32 bits per heavy atom. The third kappa shape index (κ3) is 3.83. The zero-order valence-corrected chi connectivity index (χ0v) is 16.3. The Labute approximate surface area is 161 Å². The van der Waals surface area contributed by atoms with E-state index in [0.29, 0.717) is 46.2 Å². The van der Waals surface area contributed by atoms with Crippen LogP contribution in [-0.2, 0) is 11.8 Å². The minimum atomic E-state index is -0.560. The first-order valence-corrected chi connectivity index (χ1v) is 9.09. The number of nitrogens with zero attached hydrogens (tertiary/aromatic N) is 3. The first kappa shape index (κ1) is 19.4. The fraction of sp³-hybridized carbons (Fsp3) is 0.368. The molecule has 3 rings (SSSR count). The number of aromatic amines is 1. The number of aryl methyl sites for hydroxylation is 2. The molecule has 0 aliphatic carbocycles. The van der Waals surface area contributed by atoms with Gasteiger partial charge in [0, 0.05) is 12.7 Å². The average molecular weight is 385 g/mol. The summed E-state index contributed by atoms with van der Waals surface area (Å²) in [6, 6.07) is 5.12. The van der Waals surface area contributed by atoms with Crippen molar-refractivity contribution in [2.24, 2.45) is 7.05 Å². The van der Waals surface area contributed by atoms with E-state index in [0.717, 1.165) is 6.42 Å². The Hall–Kier alpha value is -3.36. The molecule has 0 spiro atoms. The number of carbonyl (C=O) groups is 1. The number of nitrogens with one attached hydrogen (secondary N) is 2. The molecule has 148 valence electrons. The summed E-state index contributed by atoms with van der Waals surface area (Å²) in [5.74, 6) is 0.886. The lowest BCUT2D eigenvalue weighted by Gasteiger charge is -2.13. The molecule has 2 aromatic heterocycles. The molecule has 1 amide bonds. The molecule has 0 atom stereocenters. The number of benzene rings is 1. The minimum absolute atomic E-state index is 0.266. The van der Waals surface area contributed by atoms with Crippen molar-refractivity contribution in [1.82, 2.24) is 19.7 Å². The summed E-state index contributed by atoms with van der Waals surface area (Å²) in [7, 11) is 1.73. The Morgan fingerprint density at radius 2 is 2.11 bits per heavy atom. The second-order valence-corrected chi connectivity index (χ2v) is 6.23. The van der Waals surface area contributed by atoms with Crippen molar-refractivity contribution < 1.29 is 14.3 Å². The summed E-state index contributed by atoms with van der Waals surface area (Å²) in [6.07, 6.45) is 0.265. The first-order chi connectivity index (χ1) is 13.4. The van der Waals surface area contributed by atoms with Crippen LogP contribution in [-0.4, -0.2) is 39.1 Å². The van der Waals surface area contributed by atoms with Crippen molar-refractivity contribution in [3.8, 4) is 17.1 Å². The Morgan fingerprint density at radius 3 is 2.82 bits per heavy atom. The third-order valence-electron chi connectivity index (χ3n) is 4.09. The highest BCUT2D eigenvalue weighted by Gasteiger charge is 2.17. The molecular weight excluding hydrogens is 362 g/mol. The van der Waals surface area contributed by atoms with Gasteiger partial charge in [0.25, 0.3) is 5.56 Å². The summed E-state index contributed by atoms with van der Waals surface area (Å²) in [5.41, 5.74) is 1.86. The number of carbonyl (C=O) groups excluding carboxylic acids is 1. The molecular formula is C19H23N5O4. The summed E-state index contributed by atoms with van der Waals surface area (Å²) in [6.45, 7) is 6.27. The predicted molar refractivity (Wildman–Crippen MR) is 106 cm³/mol. The van der Waals surface area contributed by atoms with E-state index in [-0.39, 0.29) is 12.2 Å². The zero-order valence-electron chi connectivity index (χ0n) is 16.3. The molecule has 28 heavy (non-hydrogen) atoms. The van der Waals surface area contributed by atoms with Crippen LogP contribution in [0.1, 0.15) is 26.0 Å². The lowest BCUT2D eigenvalue weighted by Crippen LogP contribution is -2.14. The molecule has 0 unspecified atom stereocenters. The maximum atomic E-state index is 12.6. The highest BCUT2D eigenvalue weighted by Crippen LogP contribution is 2.31. The van der Waals surface area contributed by atoms with Crippen molar-refractivity contribution in [2.75, 3.05) is 18.5 Å². The van der Waals surface area contributed by atoms with Gasteiger partial charge in [-0.25, -0.2) is 14.5 Å². The van der Waals surface area contributed by atoms with E-state index in [9.17, 15) is 9.59 Å². The van der Waals surface area contributed by atoms with Crippen LogP contribution in [0.25, 0.3) is 22.4 Å². The molecule has 1 aromatic carbocycles. The van der Waals surface area contributed by atoms with E-state index in [2.05, 4.69) is 20.4 Å². The van der Waals surface area contributed by atoms with Gasteiger partial charge in [0.2, 0.25) is 0 Å². The highest BCUT2D eigenvalue weighted by atomic mass is 16.5. The highest BCUT2D eigenvalue weighted by molar-refractivity contribution is 5.87. The number of fused-ring (bicyclic) bond motifs is 1. The third-order valence-corrected chi connectivity index (χ3v) is 4.09. The number of H-pyrrole nitrogens is 1.